The Morgan fingerprint density at radius 3 is 1.37 bits per heavy atom. The van der Waals surface area contributed by atoms with Gasteiger partial charge in [0.25, 0.3) is 0 Å². The summed E-state index contributed by atoms with van der Waals surface area (Å²) >= 11 is 4.83. The lowest BCUT2D eigenvalue weighted by Gasteiger charge is -2.23. The van der Waals surface area contributed by atoms with Crippen molar-refractivity contribution in [2.45, 2.75) is 51.1 Å². The van der Waals surface area contributed by atoms with Crippen LogP contribution in [0.25, 0.3) is 24.3 Å². The highest BCUT2D eigenvalue weighted by molar-refractivity contribution is 14.1. The highest BCUT2D eigenvalue weighted by Crippen LogP contribution is 2.26. The van der Waals surface area contributed by atoms with Gasteiger partial charge in [0.2, 0.25) is 0 Å². The van der Waals surface area contributed by atoms with Crippen LogP contribution in [0.1, 0.15) is 60.8 Å². The lowest BCUT2D eigenvalue weighted by molar-refractivity contribution is -0.106. The summed E-state index contributed by atoms with van der Waals surface area (Å²) in [6.45, 7) is 1.58. The summed E-state index contributed by atoms with van der Waals surface area (Å²) in [4.78, 5) is 0. The van der Waals surface area contributed by atoms with E-state index in [1.165, 1.54) is 18.3 Å². The van der Waals surface area contributed by atoms with Gasteiger partial charge in [0.1, 0.15) is 11.5 Å². The SMILES string of the molecule is Ic1cc(/C=C/c2ccc(OC3CCCCO3)cc2)c(I)cc1/C=C/c1ccc(OC2CCCCO2)cc1. The van der Waals surface area contributed by atoms with E-state index in [-0.39, 0.29) is 12.6 Å². The zero-order chi connectivity index (χ0) is 26.2. The Kier molecular flexibility index (Phi) is 10.2. The number of halogens is 2. The topological polar surface area (TPSA) is 36.9 Å². The van der Waals surface area contributed by atoms with Gasteiger partial charge in [0.15, 0.2) is 12.6 Å². The van der Waals surface area contributed by atoms with E-state index in [9.17, 15) is 0 Å². The molecular weight excluding hydrogens is 702 g/mol. The van der Waals surface area contributed by atoms with Gasteiger partial charge in [-0.05, 0) is 130 Å². The van der Waals surface area contributed by atoms with Crippen LogP contribution in [0.2, 0.25) is 0 Å². The molecule has 2 atom stereocenters. The lowest BCUT2D eigenvalue weighted by atomic mass is 10.1. The Bertz CT molecular complexity index is 1140. The summed E-state index contributed by atoms with van der Waals surface area (Å²) in [5.74, 6) is 1.71. The van der Waals surface area contributed by atoms with Crippen molar-refractivity contribution >= 4 is 69.5 Å². The molecule has 2 unspecified atom stereocenters. The van der Waals surface area contributed by atoms with E-state index >= 15 is 0 Å². The molecule has 3 aromatic rings. The molecule has 2 fully saturated rings. The second-order valence-corrected chi connectivity index (χ2v) is 11.9. The zero-order valence-corrected chi connectivity index (χ0v) is 25.6. The van der Waals surface area contributed by atoms with Crippen molar-refractivity contribution in [1.29, 1.82) is 0 Å². The average Bonchev–Trinajstić information content (AvgIpc) is 2.95. The zero-order valence-electron chi connectivity index (χ0n) is 21.3. The third-order valence-corrected chi connectivity index (χ3v) is 8.47. The molecule has 0 radical (unpaired) electrons. The van der Waals surface area contributed by atoms with Crippen molar-refractivity contribution in [1.82, 2.24) is 0 Å². The van der Waals surface area contributed by atoms with Gasteiger partial charge in [-0.1, -0.05) is 48.6 Å². The summed E-state index contributed by atoms with van der Waals surface area (Å²) in [6.07, 6.45) is 14.9. The molecule has 0 spiro atoms. The van der Waals surface area contributed by atoms with E-state index in [0.29, 0.717) is 0 Å². The maximum absolute atomic E-state index is 5.95. The van der Waals surface area contributed by atoms with Crippen LogP contribution in [0.15, 0.2) is 60.7 Å². The van der Waals surface area contributed by atoms with Crippen LogP contribution in [-0.4, -0.2) is 25.8 Å². The molecule has 0 amide bonds. The fourth-order valence-electron chi connectivity index (χ4n) is 4.43. The van der Waals surface area contributed by atoms with Gasteiger partial charge in [-0.15, -0.1) is 0 Å². The molecule has 0 aromatic heterocycles. The quantitative estimate of drug-likeness (QED) is 0.171. The molecule has 0 saturated carbocycles. The van der Waals surface area contributed by atoms with Gasteiger partial charge >= 0.3 is 0 Å². The Morgan fingerprint density at radius 1 is 0.579 bits per heavy atom. The maximum atomic E-state index is 5.95. The first-order chi connectivity index (χ1) is 18.6. The lowest BCUT2D eigenvalue weighted by Crippen LogP contribution is -2.24. The van der Waals surface area contributed by atoms with Gasteiger partial charge in [0, 0.05) is 20.0 Å². The third kappa shape index (κ3) is 8.07. The Labute approximate surface area is 252 Å². The standard InChI is InChI=1S/C32H32I2O4/c33-29-22-26(14-8-24-11-17-28(18-12-24)38-32-6-2-4-20-36-32)30(34)21-25(29)13-7-23-9-15-27(16-10-23)37-31-5-1-3-19-35-31/h7-18,21-22,31-32H,1-6,19-20H2/b13-7+,14-8+. The molecule has 4 nitrogen and oxygen atoms in total. The first-order valence-corrected chi connectivity index (χ1v) is 15.4. The van der Waals surface area contributed by atoms with E-state index in [1.54, 1.807) is 0 Å². The molecule has 0 bridgehead atoms. The largest absolute Gasteiger partial charge is 0.465 e. The molecule has 2 aliphatic heterocycles. The number of hydrogen-bond acceptors (Lipinski definition) is 4. The molecule has 5 rings (SSSR count). The summed E-state index contributed by atoms with van der Waals surface area (Å²) in [6, 6.07) is 20.9. The molecule has 0 N–H and O–H groups in total. The number of ether oxygens (including phenoxy) is 4. The minimum atomic E-state index is -0.115. The van der Waals surface area contributed by atoms with E-state index in [4.69, 9.17) is 18.9 Å². The third-order valence-electron chi connectivity index (χ3n) is 6.60. The monoisotopic (exact) mass is 734 g/mol. The van der Waals surface area contributed by atoms with Crippen LogP contribution in [0.4, 0.5) is 0 Å². The Hall–Kier alpha value is -1.88. The minimum absolute atomic E-state index is 0.115. The maximum Gasteiger partial charge on any atom is 0.199 e. The predicted molar refractivity (Wildman–Crippen MR) is 171 cm³/mol. The molecule has 2 saturated heterocycles. The van der Waals surface area contributed by atoms with E-state index in [2.05, 4.69) is 106 Å². The van der Waals surface area contributed by atoms with Crippen molar-refractivity contribution in [2.75, 3.05) is 13.2 Å². The molecule has 2 aliphatic rings. The smallest absolute Gasteiger partial charge is 0.199 e. The Morgan fingerprint density at radius 2 is 1.00 bits per heavy atom. The van der Waals surface area contributed by atoms with Crippen LogP contribution in [-0.2, 0) is 9.47 Å². The fraction of sp³-hybridized carbons (Fsp3) is 0.312. The number of hydrogen-bond donors (Lipinski definition) is 0. The highest BCUT2D eigenvalue weighted by Gasteiger charge is 2.16. The molecule has 198 valence electrons. The fourth-order valence-corrected chi connectivity index (χ4v) is 5.77. The van der Waals surface area contributed by atoms with Crippen molar-refractivity contribution in [3.8, 4) is 11.5 Å². The highest BCUT2D eigenvalue weighted by atomic mass is 127. The first-order valence-electron chi connectivity index (χ1n) is 13.2. The van der Waals surface area contributed by atoms with Gasteiger partial charge in [0.05, 0.1) is 13.2 Å². The first kappa shape index (κ1) is 27.7. The number of benzene rings is 3. The molecule has 2 heterocycles. The van der Waals surface area contributed by atoms with Crippen LogP contribution >= 0.6 is 45.2 Å². The summed E-state index contributed by atoms with van der Waals surface area (Å²) in [7, 11) is 0. The molecule has 38 heavy (non-hydrogen) atoms. The second kappa shape index (κ2) is 14.0. The van der Waals surface area contributed by atoms with E-state index in [0.717, 1.165) is 74.4 Å². The van der Waals surface area contributed by atoms with Crippen molar-refractivity contribution in [3.63, 3.8) is 0 Å². The van der Waals surface area contributed by atoms with Crippen LogP contribution < -0.4 is 9.47 Å². The molecule has 6 heteroatoms. The average molecular weight is 734 g/mol. The van der Waals surface area contributed by atoms with Gasteiger partial charge in [-0.25, -0.2) is 0 Å². The van der Waals surface area contributed by atoms with Gasteiger partial charge in [-0.2, -0.15) is 0 Å². The summed E-state index contributed by atoms with van der Waals surface area (Å²) in [5.41, 5.74) is 4.68. The van der Waals surface area contributed by atoms with E-state index in [1.807, 2.05) is 24.3 Å². The van der Waals surface area contributed by atoms with Crippen molar-refractivity contribution in [2.24, 2.45) is 0 Å². The Balaban J connectivity index is 1.18. The minimum Gasteiger partial charge on any atom is -0.465 e. The normalized spacial score (nSPS) is 20.2. The van der Waals surface area contributed by atoms with Crippen molar-refractivity contribution in [3.05, 3.63) is 90.1 Å². The van der Waals surface area contributed by atoms with Crippen molar-refractivity contribution < 1.29 is 18.9 Å². The number of rotatable bonds is 8. The molecule has 0 aliphatic carbocycles. The predicted octanol–water partition coefficient (Wildman–Crippen LogP) is 9.05. The van der Waals surface area contributed by atoms with Gasteiger partial charge in [-0.3, -0.25) is 0 Å². The van der Waals surface area contributed by atoms with Crippen LogP contribution in [0, 0.1) is 7.14 Å². The van der Waals surface area contributed by atoms with Crippen LogP contribution in [0.5, 0.6) is 11.5 Å². The molecular formula is C32H32I2O4. The van der Waals surface area contributed by atoms with E-state index < -0.39 is 0 Å². The van der Waals surface area contributed by atoms with Gasteiger partial charge < -0.3 is 18.9 Å². The molecule has 3 aromatic carbocycles. The van der Waals surface area contributed by atoms with Crippen LogP contribution in [0.3, 0.4) is 0 Å². The summed E-state index contributed by atoms with van der Waals surface area (Å²) in [5, 5.41) is 0. The summed E-state index contributed by atoms with van der Waals surface area (Å²) < 4.78 is 25.7. The second-order valence-electron chi connectivity index (χ2n) is 9.53.